The molecule has 0 aromatic heterocycles. The molecule has 0 amide bonds. The van der Waals surface area contributed by atoms with Gasteiger partial charge in [-0.05, 0) is 37.5 Å². The number of halogens is 1. The third-order valence-electron chi connectivity index (χ3n) is 2.72. The number of aldehydes is 1. The molecular weight excluding hydrogens is 316 g/mol. The van der Waals surface area contributed by atoms with Crippen LogP contribution in [0, 0.1) is 0 Å². The van der Waals surface area contributed by atoms with Crippen LogP contribution in [0.3, 0.4) is 0 Å². The van der Waals surface area contributed by atoms with Gasteiger partial charge in [0.15, 0.2) is 12.6 Å². The Kier molecular flexibility index (Phi) is 5.69. The second-order valence-electron chi connectivity index (χ2n) is 4.03. The summed E-state index contributed by atoms with van der Waals surface area (Å²) >= 11 is 4.96. The maximum Gasteiger partial charge on any atom is 0.158 e. The van der Waals surface area contributed by atoms with Crippen molar-refractivity contribution in [1.82, 2.24) is 0 Å². The van der Waals surface area contributed by atoms with E-state index in [1.807, 2.05) is 12.1 Å². The van der Waals surface area contributed by atoms with E-state index in [1.54, 1.807) is 17.8 Å². The van der Waals surface area contributed by atoms with Crippen molar-refractivity contribution in [2.24, 2.45) is 0 Å². The fourth-order valence-electron chi connectivity index (χ4n) is 1.71. The minimum Gasteiger partial charge on any atom is -0.353 e. The fourth-order valence-corrected chi connectivity index (χ4v) is 3.06. The molecule has 1 unspecified atom stereocenters. The molecule has 18 heavy (non-hydrogen) atoms. The van der Waals surface area contributed by atoms with E-state index in [2.05, 4.69) is 15.9 Å². The van der Waals surface area contributed by atoms with E-state index in [4.69, 9.17) is 9.47 Å². The molecule has 0 saturated carbocycles. The van der Waals surface area contributed by atoms with Crippen LogP contribution < -0.4 is 0 Å². The summed E-state index contributed by atoms with van der Waals surface area (Å²) in [5, 5.41) is 0. The summed E-state index contributed by atoms with van der Waals surface area (Å²) in [5.74, 6) is 0.567. The van der Waals surface area contributed by atoms with Crippen LogP contribution in [-0.2, 0) is 9.47 Å². The van der Waals surface area contributed by atoms with Gasteiger partial charge in [-0.2, -0.15) is 0 Å². The highest BCUT2D eigenvalue weighted by Gasteiger charge is 2.13. The van der Waals surface area contributed by atoms with E-state index in [-0.39, 0.29) is 6.29 Å². The van der Waals surface area contributed by atoms with Gasteiger partial charge in [-0.25, -0.2) is 0 Å². The second kappa shape index (κ2) is 7.28. The lowest BCUT2D eigenvalue weighted by Gasteiger charge is -2.22. The SMILES string of the molecule is O=Cc1ccc(SCOC2CCCCO2)cc1Br. The molecule has 1 heterocycles. The van der Waals surface area contributed by atoms with Crippen molar-refractivity contribution in [2.75, 3.05) is 12.5 Å². The molecule has 0 radical (unpaired) electrons. The highest BCUT2D eigenvalue weighted by atomic mass is 79.9. The monoisotopic (exact) mass is 330 g/mol. The topological polar surface area (TPSA) is 35.5 Å². The minimum absolute atomic E-state index is 0.0519. The Morgan fingerprint density at radius 2 is 2.39 bits per heavy atom. The molecule has 2 rings (SSSR count). The Labute approximate surface area is 119 Å². The van der Waals surface area contributed by atoms with Crippen LogP contribution in [0.4, 0.5) is 0 Å². The fraction of sp³-hybridized carbons (Fsp3) is 0.462. The molecule has 0 spiro atoms. The third-order valence-corrected chi connectivity index (χ3v) is 4.24. The van der Waals surface area contributed by atoms with Gasteiger partial charge in [0.1, 0.15) is 0 Å². The summed E-state index contributed by atoms with van der Waals surface area (Å²) in [7, 11) is 0. The van der Waals surface area contributed by atoms with Crippen LogP contribution in [0.1, 0.15) is 29.6 Å². The van der Waals surface area contributed by atoms with E-state index < -0.39 is 0 Å². The van der Waals surface area contributed by atoms with E-state index in [0.717, 1.165) is 35.1 Å². The highest BCUT2D eigenvalue weighted by Crippen LogP contribution is 2.25. The normalized spacial score (nSPS) is 19.7. The van der Waals surface area contributed by atoms with Crippen LogP contribution in [-0.4, -0.2) is 25.1 Å². The zero-order valence-electron chi connectivity index (χ0n) is 9.93. The van der Waals surface area contributed by atoms with Crippen molar-refractivity contribution in [3.05, 3.63) is 28.2 Å². The molecule has 1 fully saturated rings. The Morgan fingerprint density at radius 1 is 1.50 bits per heavy atom. The molecule has 1 aromatic rings. The van der Waals surface area contributed by atoms with Gasteiger partial charge in [-0.1, -0.05) is 27.7 Å². The quantitative estimate of drug-likeness (QED) is 0.466. The van der Waals surface area contributed by atoms with E-state index in [9.17, 15) is 4.79 Å². The molecule has 5 heteroatoms. The Morgan fingerprint density at radius 3 is 3.06 bits per heavy atom. The molecular formula is C13H15BrO3S. The number of rotatable bonds is 5. The summed E-state index contributed by atoms with van der Waals surface area (Å²) in [5.41, 5.74) is 0.663. The number of hydrogen-bond donors (Lipinski definition) is 0. The molecule has 98 valence electrons. The van der Waals surface area contributed by atoms with Crippen molar-refractivity contribution in [3.8, 4) is 0 Å². The molecule has 1 aromatic carbocycles. The summed E-state index contributed by atoms with van der Waals surface area (Å²) < 4.78 is 11.9. The van der Waals surface area contributed by atoms with Gasteiger partial charge in [0.2, 0.25) is 0 Å². The van der Waals surface area contributed by atoms with Gasteiger partial charge in [-0.3, -0.25) is 4.79 Å². The van der Waals surface area contributed by atoms with Crippen molar-refractivity contribution < 1.29 is 14.3 Å². The Balaban J connectivity index is 1.79. The first-order valence-corrected chi connectivity index (χ1v) is 7.68. The summed E-state index contributed by atoms with van der Waals surface area (Å²) in [6.07, 6.45) is 4.07. The number of thioether (sulfide) groups is 1. The number of ether oxygens (including phenoxy) is 2. The maximum absolute atomic E-state index is 10.7. The summed E-state index contributed by atoms with van der Waals surface area (Å²) in [6.45, 7) is 0.801. The predicted molar refractivity (Wildman–Crippen MR) is 74.9 cm³/mol. The first kappa shape index (κ1) is 14.1. The first-order chi connectivity index (χ1) is 8.79. The van der Waals surface area contributed by atoms with Gasteiger partial charge >= 0.3 is 0 Å². The van der Waals surface area contributed by atoms with Crippen LogP contribution in [0.25, 0.3) is 0 Å². The zero-order valence-corrected chi connectivity index (χ0v) is 12.3. The minimum atomic E-state index is -0.0519. The molecule has 1 saturated heterocycles. The van der Waals surface area contributed by atoms with Crippen LogP contribution in [0.5, 0.6) is 0 Å². The average molecular weight is 331 g/mol. The van der Waals surface area contributed by atoms with E-state index in [0.29, 0.717) is 11.5 Å². The predicted octanol–water partition coefficient (Wildman–Crippen LogP) is 3.85. The van der Waals surface area contributed by atoms with Gasteiger partial charge in [-0.15, -0.1) is 0 Å². The van der Waals surface area contributed by atoms with E-state index in [1.165, 1.54) is 6.42 Å². The molecule has 3 nitrogen and oxygen atoms in total. The first-order valence-electron chi connectivity index (χ1n) is 5.90. The third kappa shape index (κ3) is 4.09. The van der Waals surface area contributed by atoms with Crippen molar-refractivity contribution in [1.29, 1.82) is 0 Å². The van der Waals surface area contributed by atoms with Gasteiger partial charge < -0.3 is 9.47 Å². The van der Waals surface area contributed by atoms with Crippen LogP contribution in [0.15, 0.2) is 27.6 Å². The number of benzene rings is 1. The Bertz CT molecular complexity index is 405. The highest BCUT2D eigenvalue weighted by molar-refractivity contribution is 9.10. The second-order valence-corrected chi connectivity index (χ2v) is 5.88. The molecule has 0 bridgehead atoms. The molecule has 0 aliphatic carbocycles. The summed E-state index contributed by atoms with van der Waals surface area (Å²) in [6, 6.07) is 5.65. The standard InChI is InChI=1S/C13H15BrO3S/c14-12-7-11(5-4-10(12)8-15)18-9-17-13-3-1-2-6-16-13/h4-5,7-8,13H,1-3,6,9H2. The molecule has 1 atom stereocenters. The van der Waals surface area contributed by atoms with Gasteiger partial charge in [0, 0.05) is 21.5 Å². The smallest absolute Gasteiger partial charge is 0.158 e. The largest absolute Gasteiger partial charge is 0.353 e. The lowest BCUT2D eigenvalue weighted by atomic mass is 10.2. The molecule has 0 N–H and O–H groups in total. The number of hydrogen-bond acceptors (Lipinski definition) is 4. The van der Waals surface area contributed by atoms with Gasteiger partial charge in [0.05, 0.1) is 5.94 Å². The number of carbonyl (C=O) groups is 1. The van der Waals surface area contributed by atoms with Crippen molar-refractivity contribution in [3.63, 3.8) is 0 Å². The van der Waals surface area contributed by atoms with Crippen molar-refractivity contribution >= 4 is 34.0 Å². The van der Waals surface area contributed by atoms with Gasteiger partial charge in [0.25, 0.3) is 0 Å². The summed E-state index contributed by atoms with van der Waals surface area (Å²) in [4.78, 5) is 11.8. The van der Waals surface area contributed by atoms with Crippen LogP contribution in [0.2, 0.25) is 0 Å². The van der Waals surface area contributed by atoms with Crippen molar-refractivity contribution in [2.45, 2.75) is 30.4 Å². The Hall–Kier alpha value is -0.360. The lowest BCUT2D eigenvalue weighted by Crippen LogP contribution is -2.21. The average Bonchev–Trinajstić information content (AvgIpc) is 2.40. The van der Waals surface area contributed by atoms with Crippen LogP contribution >= 0.6 is 27.7 Å². The maximum atomic E-state index is 10.7. The van der Waals surface area contributed by atoms with E-state index >= 15 is 0 Å². The molecule has 1 aliphatic heterocycles. The zero-order chi connectivity index (χ0) is 12.8. The lowest BCUT2D eigenvalue weighted by molar-refractivity contribution is -0.149. The molecule has 1 aliphatic rings. The number of carbonyl (C=O) groups excluding carboxylic acids is 1.